The first kappa shape index (κ1) is 19.1. The van der Waals surface area contributed by atoms with Gasteiger partial charge in [-0.2, -0.15) is 0 Å². The lowest BCUT2D eigenvalue weighted by molar-refractivity contribution is -0.121. The van der Waals surface area contributed by atoms with E-state index in [2.05, 4.69) is 15.5 Å². The highest BCUT2D eigenvalue weighted by molar-refractivity contribution is 5.95. The van der Waals surface area contributed by atoms with Crippen molar-refractivity contribution in [1.29, 1.82) is 0 Å². The molecule has 0 aromatic heterocycles. The standard InChI is InChI=1S/C18H27N3O4/c1-4-9-19-18(23)20-17(22)12-21-10-5-6-15(21)14-11-13(24-2)7-8-16(14)25-3/h7-8,11,15H,4-6,9-10,12H2,1-3H3,(H2,19,20,22,23)/t15-/m1/s1. The number of hydrogen-bond acceptors (Lipinski definition) is 5. The highest BCUT2D eigenvalue weighted by Crippen LogP contribution is 2.38. The van der Waals surface area contributed by atoms with Gasteiger partial charge in [-0.1, -0.05) is 6.92 Å². The number of benzene rings is 1. The van der Waals surface area contributed by atoms with E-state index in [0.29, 0.717) is 6.54 Å². The molecule has 1 aliphatic rings. The number of imide groups is 1. The van der Waals surface area contributed by atoms with Crippen LogP contribution in [0, 0.1) is 0 Å². The second kappa shape index (κ2) is 9.27. The van der Waals surface area contributed by atoms with Gasteiger partial charge in [-0.15, -0.1) is 0 Å². The van der Waals surface area contributed by atoms with Crippen molar-refractivity contribution in [2.45, 2.75) is 32.2 Å². The lowest BCUT2D eigenvalue weighted by Crippen LogP contribution is -2.44. The maximum absolute atomic E-state index is 12.2. The molecular weight excluding hydrogens is 322 g/mol. The molecule has 2 N–H and O–H groups in total. The summed E-state index contributed by atoms with van der Waals surface area (Å²) < 4.78 is 10.8. The summed E-state index contributed by atoms with van der Waals surface area (Å²) in [6, 6.07) is 5.30. The van der Waals surface area contributed by atoms with Crippen LogP contribution in [-0.2, 0) is 4.79 Å². The van der Waals surface area contributed by atoms with E-state index in [1.807, 2.05) is 25.1 Å². The average Bonchev–Trinajstić information content (AvgIpc) is 3.06. The summed E-state index contributed by atoms with van der Waals surface area (Å²) in [7, 11) is 3.26. The zero-order valence-electron chi connectivity index (χ0n) is 15.1. The highest BCUT2D eigenvalue weighted by Gasteiger charge is 2.30. The monoisotopic (exact) mass is 349 g/mol. The van der Waals surface area contributed by atoms with E-state index in [4.69, 9.17) is 9.47 Å². The molecule has 1 aromatic rings. The Morgan fingerprint density at radius 3 is 2.76 bits per heavy atom. The Kier molecular flexibility index (Phi) is 7.06. The first-order valence-electron chi connectivity index (χ1n) is 8.62. The second-order valence-electron chi connectivity index (χ2n) is 6.04. The Bertz CT molecular complexity index is 606. The summed E-state index contributed by atoms with van der Waals surface area (Å²) in [5.41, 5.74) is 1.00. The normalized spacial score (nSPS) is 17.2. The fourth-order valence-corrected chi connectivity index (χ4v) is 3.10. The molecule has 0 radical (unpaired) electrons. The van der Waals surface area contributed by atoms with E-state index < -0.39 is 6.03 Å². The lowest BCUT2D eigenvalue weighted by Gasteiger charge is -2.25. The minimum atomic E-state index is -0.443. The van der Waals surface area contributed by atoms with Crippen LogP contribution in [-0.4, -0.2) is 50.7 Å². The number of amides is 3. The number of urea groups is 1. The molecule has 3 amide bonds. The van der Waals surface area contributed by atoms with Gasteiger partial charge < -0.3 is 14.8 Å². The molecule has 1 aliphatic heterocycles. The number of nitrogens with one attached hydrogen (secondary N) is 2. The van der Waals surface area contributed by atoms with E-state index in [1.165, 1.54) is 0 Å². The van der Waals surface area contributed by atoms with E-state index >= 15 is 0 Å². The molecule has 0 unspecified atom stereocenters. The molecule has 0 spiro atoms. The topological polar surface area (TPSA) is 79.9 Å². The van der Waals surface area contributed by atoms with Crippen LogP contribution in [0.4, 0.5) is 4.79 Å². The maximum Gasteiger partial charge on any atom is 0.321 e. The van der Waals surface area contributed by atoms with Crippen molar-refractivity contribution in [3.05, 3.63) is 23.8 Å². The molecule has 1 heterocycles. The van der Waals surface area contributed by atoms with Crippen LogP contribution in [0.3, 0.4) is 0 Å². The molecule has 2 rings (SSSR count). The van der Waals surface area contributed by atoms with E-state index in [9.17, 15) is 9.59 Å². The van der Waals surface area contributed by atoms with Crippen LogP contribution >= 0.6 is 0 Å². The largest absolute Gasteiger partial charge is 0.497 e. The average molecular weight is 349 g/mol. The second-order valence-corrected chi connectivity index (χ2v) is 6.04. The molecule has 0 aliphatic carbocycles. The molecule has 0 saturated carbocycles. The SMILES string of the molecule is CCCNC(=O)NC(=O)CN1CCC[C@@H]1c1cc(OC)ccc1OC. The maximum atomic E-state index is 12.2. The third-order valence-corrected chi connectivity index (χ3v) is 4.29. The Morgan fingerprint density at radius 1 is 1.28 bits per heavy atom. The molecule has 1 saturated heterocycles. The predicted octanol–water partition coefficient (Wildman–Crippen LogP) is 2.08. The number of ether oxygens (including phenoxy) is 2. The fraction of sp³-hybridized carbons (Fsp3) is 0.556. The summed E-state index contributed by atoms with van der Waals surface area (Å²) in [4.78, 5) is 25.9. The zero-order chi connectivity index (χ0) is 18.2. The van der Waals surface area contributed by atoms with Crippen molar-refractivity contribution >= 4 is 11.9 Å². The van der Waals surface area contributed by atoms with Crippen molar-refractivity contribution in [2.24, 2.45) is 0 Å². The summed E-state index contributed by atoms with van der Waals surface area (Å²) in [6.45, 7) is 3.48. The Hall–Kier alpha value is -2.28. The lowest BCUT2D eigenvalue weighted by atomic mass is 10.0. The fourth-order valence-electron chi connectivity index (χ4n) is 3.10. The molecule has 1 aromatic carbocycles. The van der Waals surface area contributed by atoms with Crippen LogP contribution in [0.2, 0.25) is 0 Å². The van der Waals surface area contributed by atoms with Gasteiger partial charge in [0.05, 0.1) is 20.8 Å². The van der Waals surface area contributed by atoms with Crippen LogP contribution in [0.5, 0.6) is 11.5 Å². The smallest absolute Gasteiger partial charge is 0.321 e. The minimum absolute atomic E-state index is 0.0644. The van der Waals surface area contributed by atoms with Crippen molar-refractivity contribution < 1.29 is 19.1 Å². The van der Waals surface area contributed by atoms with Crippen LogP contribution in [0.25, 0.3) is 0 Å². The first-order chi connectivity index (χ1) is 12.1. The summed E-state index contributed by atoms with van der Waals surface area (Å²) in [5, 5.41) is 5.02. The zero-order valence-corrected chi connectivity index (χ0v) is 15.1. The number of likely N-dealkylation sites (tertiary alicyclic amines) is 1. The molecule has 1 atom stereocenters. The Morgan fingerprint density at radius 2 is 2.08 bits per heavy atom. The quantitative estimate of drug-likeness (QED) is 0.788. The number of nitrogens with zero attached hydrogens (tertiary/aromatic N) is 1. The van der Waals surface area contributed by atoms with Crippen molar-refractivity contribution in [1.82, 2.24) is 15.5 Å². The highest BCUT2D eigenvalue weighted by atomic mass is 16.5. The summed E-state index contributed by atoms with van der Waals surface area (Å²) in [5.74, 6) is 1.23. The molecule has 138 valence electrons. The van der Waals surface area contributed by atoms with Crippen molar-refractivity contribution in [3.63, 3.8) is 0 Å². The molecule has 25 heavy (non-hydrogen) atoms. The number of methoxy groups -OCH3 is 2. The first-order valence-corrected chi connectivity index (χ1v) is 8.62. The summed E-state index contributed by atoms with van der Waals surface area (Å²) in [6.07, 6.45) is 2.74. The molecular formula is C18H27N3O4. The van der Waals surface area contributed by atoms with E-state index in [0.717, 1.165) is 42.9 Å². The van der Waals surface area contributed by atoms with Gasteiger partial charge in [-0.05, 0) is 44.0 Å². The van der Waals surface area contributed by atoms with Gasteiger partial charge in [-0.25, -0.2) is 4.79 Å². The van der Waals surface area contributed by atoms with Gasteiger partial charge in [-0.3, -0.25) is 15.0 Å². The summed E-state index contributed by atoms with van der Waals surface area (Å²) >= 11 is 0. The predicted molar refractivity (Wildman–Crippen MR) is 94.9 cm³/mol. The minimum Gasteiger partial charge on any atom is -0.497 e. The number of carbonyl (C=O) groups excluding carboxylic acids is 2. The van der Waals surface area contributed by atoms with Gasteiger partial charge in [0.15, 0.2) is 0 Å². The van der Waals surface area contributed by atoms with Gasteiger partial charge >= 0.3 is 6.03 Å². The van der Waals surface area contributed by atoms with Crippen LogP contribution < -0.4 is 20.1 Å². The van der Waals surface area contributed by atoms with Crippen molar-refractivity contribution in [2.75, 3.05) is 33.9 Å². The number of carbonyl (C=O) groups is 2. The Labute approximate surface area is 148 Å². The number of hydrogen-bond donors (Lipinski definition) is 2. The van der Waals surface area contributed by atoms with Gasteiger partial charge in [0.1, 0.15) is 11.5 Å². The van der Waals surface area contributed by atoms with Crippen LogP contribution in [0.15, 0.2) is 18.2 Å². The third kappa shape index (κ3) is 5.09. The van der Waals surface area contributed by atoms with E-state index in [-0.39, 0.29) is 18.5 Å². The Balaban J connectivity index is 2.05. The van der Waals surface area contributed by atoms with Crippen molar-refractivity contribution in [3.8, 4) is 11.5 Å². The molecule has 0 bridgehead atoms. The third-order valence-electron chi connectivity index (χ3n) is 4.29. The van der Waals surface area contributed by atoms with Gasteiger partial charge in [0.2, 0.25) is 5.91 Å². The van der Waals surface area contributed by atoms with E-state index in [1.54, 1.807) is 14.2 Å². The molecule has 1 fully saturated rings. The van der Waals surface area contributed by atoms with Gasteiger partial charge in [0.25, 0.3) is 0 Å². The molecule has 7 heteroatoms. The van der Waals surface area contributed by atoms with Crippen LogP contribution in [0.1, 0.15) is 37.8 Å². The molecule has 7 nitrogen and oxygen atoms in total. The number of rotatable bonds is 7. The van der Waals surface area contributed by atoms with Gasteiger partial charge in [0, 0.05) is 18.2 Å².